The first-order chi connectivity index (χ1) is 4.85. The van der Waals surface area contributed by atoms with Gasteiger partial charge in [0.25, 0.3) is 0 Å². The molecule has 0 aromatic carbocycles. The summed E-state index contributed by atoms with van der Waals surface area (Å²) < 4.78 is 0. The number of aliphatic imine (C=N–C) groups is 1. The number of hydrogen-bond donors (Lipinski definition) is 2. The van der Waals surface area contributed by atoms with E-state index in [0.717, 1.165) is 19.0 Å². The van der Waals surface area contributed by atoms with E-state index in [4.69, 9.17) is 0 Å². The van der Waals surface area contributed by atoms with Crippen molar-refractivity contribution in [2.75, 3.05) is 20.1 Å². The van der Waals surface area contributed by atoms with Crippen LogP contribution in [0.2, 0.25) is 0 Å². The summed E-state index contributed by atoms with van der Waals surface area (Å²) in [7, 11) is 1.74. The highest BCUT2D eigenvalue weighted by atomic mass is 15.2. The second-order valence-electron chi connectivity index (χ2n) is 1.77. The van der Waals surface area contributed by atoms with E-state index in [-0.39, 0.29) is 0 Å². The van der Waals surface area contributed by atoms with Crippen LogP contribution in [0.15, 0.2) is 17.6 Å². The van der Waals surface area contributed by atoms with Gasteiger partial charge in [0.2, 0.25) is 0 Å². The number of nitrogens with one attached hydrogen (secondary N) is 2. The molecule has 0 aliphatic rings. The van der Waals surface area contributed by atoms with Gasteiger partial charge in [-0.05, 0) is 6.92 Å². The third kappa shape index (κ3) is 3.95. The van der Waals surface area contributed by atoms with Gasteiger partial charge in [-0.2, -0.15) is 0 Å². The van der Waals surface area contributed by atoms with Crippen molar-refractivity contribution < 1.29 is 0 Å². The standard InChI is InChI=1S/C7H15N3/c1-4-6-10-7(8-3)9-5-2/h4H,1,5-6H2,2-3H3,(H2,8,9,10). The second-order valence-corrected chi connectivity index (χ2v) is 1.77. The summed E-state index contributed by atoms with van der Waals surface area (Å²) >= 11 is 0. The van der Waals surface area contributed by atoms with E-state index in [2.05, 4.69) is 22.2 Å². The maximum atomic E-state index is 3.96. The van der Waals surface area contributed by atoms with E-state index in [0.29, 0.717) is 0 Å². The molecule has 0 aliphatic heterocycles. The van der Waals surface area contributed by atoms with Gasteiger partial charge >= 0.3 is 0 Å². The lowest BCUT2D eigenvalue weighted by atomic mass is 10.6. The van der Waals surface area contributed by atoms with Crippen LogP contribution in [0, 0.1) is 0 Å². The van der Waals surface area contributed by atoms with Crippen molar-refractivity contribution in [1.29, 1.82) is 0 Å². The zero-order valence-corrected chi connectivity index (χ0v) is 6.65. The average Bonchev–Trinajstić information content (AvgIpc) is 1.98. The van der Waals surface area contributed by atoms with Gasteiger partial charge < -0.3 is 10.6 Å². The van der Waals surface area contributed by atoms with Crippen molar-refractivity contribution in [1.82, 2.24) is 10.6 Å². The Labute approximate surface area is 62.2 Å². The highest BCUT2D eigenvalue weighted by Gasteiger charge is 1.88. The molecule has 0 spiro atoms. The van der Waals surface area contributed by atoms with Crippen molar-refractivity contribution in [3.05, 3.63) is 12.7 Å². The van der Waals surface area contributed by atoms with E-state index in [1.165, 1.54) is 0 Å². The Morgan fingerprint density at radius 3 is 2.70 bits per heavy atom. The molecular weight excluding hydrogens is 126 g/mol. The van der Waals surface area contributed by atoms with E-state index in [1.807, 2.05) is 6.92 Å². The zero-order chi connectivity index (χ0) is 7.82. The maximum Gasteiger partial charge on any atom is 0.191 e. The Balaban J connectivity index is 3.51. The minimum Gasteiger partial charge on any atom is -0.357 e. The summed E-state index contributed by atoms with van der Waals surface area (Å²) in [4.78, 5) is 3.96. The van der Waals surface area contributed by atoms with Gasteiger partial charge in [0.05, 0.1) is 0 Å². The van der Waals surface area contributed by atoms with Crippen LogP contribution in [0.25, 0.3) is 0 Å². The molecule has 0 aromatic rings. The number of guanidine groups is 1. The lowest BCUT2D eigenvalue weighted by molar-refractivity contribution is 0.880. The Hall–Kier alpha value is -0.990. The summed E-state index contributed by atoms with van der Waals surface area (Å²) in [6.45, 7) is 7.25. The number of rotatable bonds is 3. The quantitative estimate of drug-likeness (QED) is 0.338. The molecule has 3 nitrogen and oxygen atoms in total. The molecule has 0 bridgehead atoms. The number of nitrogens with zero attached hydrogens (tertiary/aromatic N) is 1. The molecule has 0 amide bonds. The number of hydrogen-bond acceptors (Lipinski definition) is 1. The summed E-state index contributed by atoms with van der Waals surface area (Å²) in [6, 6.07) is 0. The fourth-order valence-electron chi connectivity index (χ4n) is 0.557. The first kappa shape index (κ1) is 9.01. The van der Waals surface area contributed by atoms with Crippen molar-refractivity contribution in [3.8, 4) is 0 Å². The molecule has 10 heavy (non-hydrogen) atoms. The topological polar surface area (TPSA) is 36.4 Å². The van der Waals surface area contributed by atoms with Gasteiger partial charge in [-0.1, -0.05) is 6.08 Å². The third-order valence-corrected chi connectivity index (χ3v) is 0.982. The summed E-state index contributed by atoms with van der Waals surface area (Å²) in [5.74, 6) is 0.822. The molecule has 0 unspecified atom stereocenters. The fourth-order valence-corrected chi connectivity index (χ4v) is 0.557. The first-order valence-electron chi connectivity index (χ1n) is 3.40. The van der Waals surface area contributed by atoms with E-state index in [9.17, 15) is 0 Å². The Kier molecular flexibility index (Phi) is 5.53. The van der Waals surface area contributed by atoms with Crippen molar-refractivity contribution in [2.45, 2.75) is 6.92 Å². The van der Waals surface area contributed by atoms with Crippen LogP contribution in [0.5, 0.6) is 0 Å². The van der Waals surface area contributed by atoms with Crippen molar-refractivity contribution >= 4 is 5.96 Å². The zero-order valence-electron chi connectivity index (χ0n) is 6.65. The van der Waals surface area contributed by atoms with Gasteiger partial charge in [0.1, 0.15) is 0 Å². The lowest BCUT2D eigenvalue weighted by Gasteiger charge is -2.06. The molecule has 58 valence electrons. The van der Waals surface area contributed by atoms with Crippen LogP contribution in [0.1, 0.15) is 6.92 Å². The Morgan fingerprint density at radius 2 is 2.30 bits per heavy atom. The van der Waals surface area contributed by atoms with Gasteiger partial charge in [0.15, 0.2) is 5.96 Å². The average molecular weight is 141 g/mol. The third-order valence-electron chi connectivity index (χ3n) is 0.982. The first-order valence-corrected chi connectivity index (χ1v) is 3.40. The monoisotopic (exact) mass is 141 g/mol. The highest BCUT2D eigenvalue weighted by Crippen LogP contribution is 1.66. The fraction of sp³-hybridized carbons (Fsp3) is 0.571. The molecule has 0 fully saturated rings. The van der Waals surface area contributed by atoms with Crippen LogP contribution >= 0.6 is 0 Å². The van der Waals surface area contributed by atoms with E-state index < -0.39 is 0 Å². The molecular formula is C7H15N3. The summed E-state index contributed by atoms with van der Waals surface area (Å²) in [6.07, 6.45) is 1.79. The molecule has 0 aromatic heterocycles. The summed E-state index contributed by atoms with van der Waals surface area (Å²) in [5, 5.41) is 6.10. The highest BCUT2D eigenvalue weighted by molar-refractivity contribution is 5.79. The molecule has 0 saturated carbocycles. The molecule has 0 heterocycles. The normalized spacial score (nSPS) is 10.8. The van der Waals surface area contributed by atoms with Crippen LogP contribution in [-0.4, -0.2) is 26.1 Å². The largest absolute Gasteiger partial charge is 0.357 e. The van der Waals surface area contributed by atoms with Crippen LogP contribution < -0.4 is 10.6 Å². The molecule has 3 heteroatoms. The SMILES string of the molecule is C=CCNC(=NC)NCC. The molecule has 2 N–H and O–H groups in total. The molecule has 0 rings (SSSR count). The van der Waals surface area contributed by atoms with Crippen molar-refractivity contribution in [3.63, 3.8) is 0 Å². The molecule has 0 radical (unpaired) electrons. The molecule has 0 aliphatic carbocycles. The summed E-state index contributed by atoms with van der Waals surface area (Å²) in [5.41, 5.74) is 0. The maximum absolute atomic E-state index is 3.96. The van der Waals surface area contributed by atoms with Gasteiger partial charge in [0, 0.05) is 20.1 Å². The molecule has 0 atom stereocenters. The van der Waals surface area contributed by atoms with Gasteiger partial charge in [-0.15, -0.1) is 6.58 Å². The van der Waals surface area contributed by atoms with E-state index in [1.54, 1.807) is 13.1 Å². The second kappa shape index (κ2) is 6.13. The van der Waals surface area contributed by atoms with Crippen LogP contribution in [-0.2, 0) is 0 Å². The Bertz CT molecular complexity index is 118. The molecule has 0 saturated heterocycles. The van der Waals surface area contributed by atoms with Crippen LogP contribution in [0.4, 0.5) is 0 Å². The predicted molar refractivity (Wildman–Crippen MR) is 45.2 cm³/mol. The Morgan fingerprint density at radius 1 is 1.60 bits per heavy atom. The lowest BCUT2D eigenvalue weighted by Crippen LogP contribution is -2.36. The van der Waals surface area contributed by atoms with Gasteiger partial charge in [-0.3, -0.25) is 4.99 Å². The minimum atomic E-state index is 0.750. The van der Waals surface area contributed by atoms with E-state index >= 15 is 0 Å². The smallest absolute Gasteiger partial charge is 0.191 e. The van der Waals surface area contributed by atoms with Crippen LogP contribution in [0.3, 0.4) is 0 Å². The van der Waals surface area contributed by atoms with Gasteiger partial charge in [-0.25, -0.2) is 0 Å². The predicted octanol–water partition coefficient (Wildman–Crippen LogP) is 0.357. The van der Waals surface area contributed by atoms with Crippen molar-refractivity contribution in [2.24, 2.45) is 4.99 Å². The minimum absolute atomic E-state index is 0.750.